The van der Waals surface area contributed by atoms with E-state index in [0.29, 0.717) is 51.4 Å². The van der Waals surface area contributed by atoms with Gasteiger partial charge >= 0.3 is 13.7 Å². The van der Waals surface area contributed by atoms with Crippen LogP contribution in [0.25, 0.3) is 0 Å². The van der Waals surface area contributed by atoms with Gasteiger partial charge in [0.15, 0.2) is 0 Å². The van der Waals surface area contributed by atoms with E-state index in [1.807, 2.05) is 0 Å². The first kappa shape index (κ1) is 39.8. The molecule has 4 aliphatic carbocycles. The van der Waals surface area contributed by atoms with Crippen LogP contribution in [0.3, 0.4) is 0 Å². The first-order valence-corrected chi connectivity index (χ1v) is 21.2. The molecule has 0 radical (unpaired) electrons. The summed E-state index contributed by atoms with van der Waals surface area (Å²) in [6.07, 6.45) is 16.9. The van der Waals surface area contributed by atoms with Crippen molar-refractivity contribution in [1.29, 1.82) is 0 Å². The average Bonchev–Trinajstić information content (AvgIpc) is 3.38. The molecule has 3 fully saturated rings. The first-order valence-electron chi connectivity index (χ1n) is 19.2. The lowest BCUT2D eigenvalue weighted by atomic mass is 9.47. The van der Waals surface area contributed by atoms with Crippen molar-refractivity contribution in [2.24, 2.45) is 46.3 Å². The zero-order chi connectivity index (χ0) is 34.8. The van der Waals surface area contributed by atoms with E-state index in [4.69, 9.17) is 28.4 Å². The predicted octanol–water partition coefficient (Wildman–Crippen LogP) is 8.39. The van der Waals surface area contributed by atoms with Crippen molar-refractivity contribution in [1.82, 2.24) is 5.32 Å². The van der Waals surface area contributed by atoms with Crippen LogP contribution in [-0.2, 0) is 28.0 Å². The Bertz CT molecular complexity index is 1080. The van der Waals surface area contributed by atoms with Crippen molar-refractivity contribution in [3.05, 3.63) is 11.6 Å². The van der Waals surface area contributed by atoms with Crippen molar-refractivity contribution in [3.63, 3.8) is 0 Å². The van der Waals surface area contributed by atoms with E-state index in [0.717, 1.165) is 61.4 Å². The molecule has 0 aliphatic heterocycles. The van der Waals surface area contributed by atoms with Gasteiger partial charge in [-0.2, -0.15) is 0 Å². The lowest BCUT2D eigenvalue weighted by Crippen LogP contribution is -2.51. The van der Waals surface area contributed by atoms with Crippen LogP contribution in [0.5, 0.6) is 0 Å². The predicted molar refractivity (Wildman–Crippen MR) is 190 cm³/mol. The maximum Gasteiger partial charge on any atom is 0.407 e. The molecule has 0 aromatic heterocycles. The largest absolute Gasteiger partial charge is 0.446 e. The van der Waals surface area contributed by atoms with Crippen LogP contribution in [0.4, 0.5) is 4.79 Å². The Morgan fingerprint density at radius 2 is 1.60 bits per heavy atom. The molecular formula is C38H68NO8P. The van der Waals surface area contributed by atoms with Crippen LogP contribution < -0.4 is 5.32 Å². The molecule has 4 rings (SSSR count). The summed E-state index contributed by atoms with van der Waals surface area (Å²) in [7, 11) is -3.45. The average molecular weight is 698 g/mol. The number of amides is 1. The topological polar surface area (TPSA) is 113 Å². The van der Waals surface area contributed by atoms with E-state index >= 15 is 0 Å². The number of hydrogen-bond donors (Lipinski definition) is 2. The van der Waals surface area contributed by atoms with E-state index in [9.17, 15) is 9.36 Å². The van der Waals surface area contributed by atoms with Gasteiger partial charge in [-0.25, -0.2) is 4.79 Å². The standard InChI is InChI=1S/C38H68NO8P/c1-28(2)9-7-10-29(3)33-13-14-34-32-12-11-30-27-31(15-17-37(30,4)35(32)16-18-38(33,34)5)47-36(40)39-19-8-20-43-21-22-44-23-24-45-25-26-46-48(6,41)42/h11,28-29,31-35H,7-10,12-27H2,1-6H3,(H,39,40)(H,41,42)/t29-,31+,32?,33?,34?,35?,37+,38-/m1/s1. The molecule has 3 saturated carbocycles. The van der Waals surface area contributed by atoms with E-state index < -0.39 is 7.60 Å². The molecule has 278 valence electrons. The molecule has 1 amide bonds. The zero-order valence-electron chi connectivity index (χ0n) is 31.0. The third-order valence-corrected chi connectivity index (χ3v) is 13.2. The Balaban J connectivity index is 1.10. The molecule has 0 bridgehead atoms. The number of allylic oxidation sites excluding steroid dienone is 1. The molecule has 2 N–H and O–H groups in total. The summed E-state index contributed by atoms with van der Waals surface area (Å²) in [5.41, 5.74) is 2.32. The highest BCUT2D eigenvalue weighted by molar-refractivity contribution is 7.51. The highest BCUT2D eigenvalue weighted by atomic mass is 31.2. The maximum atomic E-state index is 12.6. The Morgan fingerprint density at radius 3 is 2.29 bits per heavy atom. The highest BCUT2D eigenvalue weighted by Gasteiger charge is 2.59. The van der Waals surface area contributed by atoms with Gasteiger partial charge in [0.2, 0.25) is 0 Å². The lowest BCUT2D eigenvalue weighted by Gasteiger charge is -2.58. The van der Waals surface area contributed by atoms with Gasteiger partial charge in [-0.1, -0.05) is 65.5 Å². The van der Waals surface area contributed by atoms with Crippen LogP contribution in [0.1, 0.15) is 112 Å². The summed E-state index contributed by atoms with van der Waals surface area (Å²) in [6.45, 7) is 16.7. The van der Waals surface area contributed by atoms with E-state index in [2.05, 4.69) is 46.0 Å². The van der Waals surface area contributed by atoms with Gasteiger partial charge in [-0.15, -0.1) is 0 Å². The van der Waals surface area contributed by atoms with Gasteiger partial charge in [0.1, 0.15) is 6.10 Å². The molecule has 0 spiro atoms. The second kappa shape index (κ2) is 18.5. The number of hydrogen-bond acceptors (Lipinski definition) is 7. The highest BCUT2D eigenvalue weighted by Crippen LogP contribution is 2.67. The van der Waals surface area contributed by atoms with E-state index in [1.165, 1.54) is 51.4 Å². The number of alkyl carbamates (subject to hydrolysis) is 1. The smallest absolute Gasteiger partial charge is 0.407 e. The number of ether oxygens (including phenoxy) is 4. The third kappa shape index (κ3) is 11.0. The van der Waals surface area contributed by atoms with Crippen LogP contribution in [0.2, 0.25) is 0 Å². The lowest BCUT2D eigenvalue weighted by molar-refractivity contribution is -0.0581. The summed E-state index contributed by atoms with van der Waals surface area (Å²) >= 11 is 0. The Kier molecular flexibility index (Phi) is 15.4. The summed E-state index contributed by atoms with van der Waals surface area (Å²) in [5.74, 6) is 5.00. The first-order chi connectivity index (χ1) is 22.8. The molecule has 4 aliphatic rings. The quantitative estimate of drug-likeness (QED) is 0.0741. The second-order valence-electron chi connectivity index (χ2n) is 16.3. The fourth-order valence-electron chi connectivity index (χ4n) is 10.1. The van der Waals surface area contributed by atoms with Gasteiger partial charge in [0, 0.05) is 26.2 Å². The molecule has 10 heteroatoms. The van der Waals surface area contributed by atoms with Crippen molar-refractivity contribution in [2.75, 3.05) is 59.5 Å². The fraction of sp³-hybridized carbons (Fsp3) is 0.921. The van der Waals surface area contributed by atoms with Crippen LogP contribution in [0, 0.1) is 46.3 Å². The van der Waals surface area contributed by atoms with Crippen LogP contribution in [-0.4, -0.2) is 76.5 Å². The summed E-state index contributed by atoms with van der Waals surface area (Å²) in [6, 6.07) is 0. The minimum Gasteiger partial charge on any atom is -0.446 e. The van der Waals surface area contributed by atoms with E-state index in [-0.39, 0.29) is 30.8 Å². The van der Waals surface area contributed by atoms with Crippen LogP contribution >= 0.6 is 7.60 Å². The fourth-order valence-corrected chi connectivity index (χ4v) is 10.5. The zero-order valence-corrected chi connectivity index (χ0v) is 31.9. The molecule has 0 heterocycles. The molecule has 0 aromatic rings. The van der Waals surface area contributed by atoms with Crippen molar-refractivity contribution >= 4 is 13.7 Å². The third-order valence-electron chi connectivity index (χ3n) is 12.6. The van der Waals surface area contributed by atoms with Crippen molar-refractivity contribution in [3.8, 4) is 0 Å². The summed E-state index contributed by atoms with van der Waals surface area (Å²) in [4.78, 5) is 21.6. The molecule has 0 saturated heterocycles. The molecular weight excluding hydrogens is 629 g/mol. The van der Waals surface area contributed by atoms with Gasteiger partial charge < -0.3 is 33.7 Å². The second-order valence-corrected chi connectivity index (χ2v) is 18.2. The molecule has 48 heavy (non-hydrogen) atoms. The van der Waals surface area contributed by atoms with Gasteiger partial charge in [-0.05, 0) is 97.7 Å². The monoisotopic (exact) mass is 697 g/mol. The van der Waals surface area contributed by atoms with Gasteiger partial charge in [0.05, 0.1) is 39.6 Å². The van der Waals surface area contributed by atoms with E-state index in [1.54, 1.807) is 5.57 Å². The normalized spacial score (nSPS) is 33.2. The number of carbonyl (C=O) groups is 1. The number of nitrogens with one attached hydrogen (secondary N) is 1. The molecule has 0 aromatic carbocycles. The number of carbonyl (C=O) groups excluding carboxylic acids is 1. The molecule has 5 unspecified atom stereocenters. The van der Waals surface area contributed by atoms with Crippen molar-refractivity contribution < 1.29 is 37.7 Å². The SMILES string of the molecule is CC(C)CCC[C@@H](C)C1CCC2C3CC=C4C[C@@H](OC(=O)NCCCOCCOCCOCCOP(C)(=O)O)CC[C@]4(C)C3CC[C@@]21C. The minimum atomic E-state index is -3.45. The maximum absolute atomic E-state index is 12.6. The minimum absolute atomic E-state index is 0.0368. The summed E-state index contributed by atoms with van der Waals surface area (Å²) < 4.78 is 38.0. The Labute approximate surface area is 291 Å². The van der Waals surface area contributed by atoms with Gasteiger partial charge in [-0.3, -0.25) is 4.57 Å². The molecule has 9 atom stereocenters. The molecule has 9 nitrogen and oxygen atoms in total. The van der Waals surface area contributed by atoms with Crippen LogP contribution in [0.15, 0.2) is 11.6 Å². The Hall–Kier alpha value is -0.960. The Morgan fingerprint density at radius 1 is 0.917 bits per heavy atom. The number of rotatable bonds is 20. The van der Waals surface area contributed by atoms with Crippen molar-refractivity contribution in [2.45, 2.75) is 118 Å². The number of fused-ring (bicyclic) bond motifs is 5. The van der Waals surface area contributed by atoms with Gasteiger partial charge in [0.25, 0.3) is 0 Å². The summed E-state index contributed by atoms with van der Waals surface area (Å²) in [5, 5.41) is 2.91.